The third-order valence-corrected chi connectivity index (χ3v) is 3.75. The molecule has 0 saturated heterocycles. The van der Waals surface area contributed by atoms with Crippen LogP contribution in [0.15, 0.2) is 6.07 Å². The van der Waals surface area contributed by atoms with Crippen LogP contribution in [0.1, 0.15) is 73.3 Å². The van der Waals surface area contributed by atoms with Crippen molar-refractivity contribution in [3.05, 3.63) is 28.6 Å². The molecule has 0 radical (unpaired) electrons. The number of carbonyl (C=O) groups excluding carboxylic acids is 1. The second-order valence-electron chi connectivity index (χ2n) is 5.29. The van der Waals surface area contributed by atoms with Gasteiger partial charge in [0.2, 0.25) is 0 Å². The predicted molar refractivity (Wildman–Crippen MR) is 75.5 cm³/mol. The van der Waals surface area contributed by atoms with Crippen LogP contribution in [0.3, 0.4) is 0 Å². The van der Waals surface area contributed by atoms with E-state index in [2.05, 4.69) is 13.8 Å². The van der Waals surface area contributed by atoms with Crippen LogP contribution in [0.4, 0.5) is 0 Å². The topological polar surface area (TPSA) is 39.2 Å². The van der Waals surface area contributed by atoms with Gasteiger partial charge in [-0.05, 0) is 50.2 Å². The lowest BCUT2D eigenvalue weighted by Gasteiger charge is -2.23. The van der Waals surface area contributed by atoms with Crippen LogP contribution in [0, 0.1) is 0 Å². The van der Waals surface area contributed by atoms with E-state index >= 15 is 0 Å². The molecule has 0 aromatic carbocycles. The monoisotopic (exact) mass is 261 g/mol. The molecule has 1 heterocycles. The summed E-state index contributed by atoms with van der Waals surface area (Å²) in [6.07, 6.45) is 5.25. The molecule has 1 aromatic rings. The van der Waals surface area contributed by atoms with Crippen molar-refractivity contribution >= 4 is 5.97 Å². The summed E-state index contributed by atoms with van der Waals surface area (Å²) in [4.78, 5) is 16.8. The number of ether oxygens (including phenoxy) is 1. The molecule has 19 heavy (non-hydrogen) atoms. The Morgan fingerprint density at radius 2 is 2.26 bits per heavy atom. The summed E-state index contributed by atoms with van der Waals surface area (Å²) in [5.74, 6) is 0.287. The largest absolute Gasteiger partial charge is 0.462 e. The van der Waals surface area contributed by atoms with E-state index in [0.29, 0.717) is 18.1 Å². The zero-order chi connectivity index (χ0) is 13.8. The number of nitrogens with zero attached hydrogens (tertiary/aromatic N) is 1. The molecule has 0 aliphatic heterocycles. The van der Waals surface area contributed by atoms with Gasteiger partial charge in [0, 0.05) is 5.69 Å². The molecule has 0 saturated carbocycles. The number of hydrogen-bond acceptors (Lipinski definition) is 3. The standard InChI is InChI=1S/C16H23NO2/c1-4-7-14-13(16(18)19-5-2)10-12-9-6-8-11(3)15(12)17-14/h10-11H,4-9H2,1-3H3. The average molecular weight is 261 g/mol. The van der Waals surface area contributed by atoms with Crippen molar-refractivity contribution in [3.63, 3.8) is 0 Å². The van der Waals surface area contributed by atoms with Crippen molar-refractivity contribution in [2.24, 2.45) is 0 Å². The van der Waals surface area contributed by atoms with Crippen LogP contribution in [-0.4, -0.2) is 17.6 Å². The molecule has 1 aliphatic rings. The fourth-order valence-electron chi connectivity index (χ4n) is 2.78. The number of fused-ring (bicyclic) bond motifs is 1. The summed E-state index contributed by atoms with van der Waals surface area (Å²) in [5.41, 5.74) is 4.02. The third kappa shape index (κ3) is 2.96. The van der Waals surface area contributed by atoms with Gasteiger partial charge in [-0.2, -0.15) is 0 Å². The van der Waals surface area contributed by atoms with Crippen molar-refractivity contribution in [2.45, 2.75) is 58.8 Å². The molecule has 0 fully saturated rings. The molecule has 1 aliphatic carbocycles. The van der Waals surface area contributed by atoms with Crippen molar-refractivity contribution < 1.29 is 9.53 Å². The fourth-order valence-corrected chi connectivity index (χ4v) is 2.78. The maximum absolute atomic E-state index is 12.0. The Morgan fingerprint density at radius 3 is 2.95 bits per heavy atom. The molecule has 0 spiro atoms. The minimum atomic E-state index is -0.223. The average Bonchev–Trinajstić information content (AvgIpc) is 2.39. The van der Waals surface area contributed by atoms with Crippen molar-refractivity contribution in [1.82, 2.24) is 4.98 Å². The minimum absolute atomic E-state index is 0.223. The van der Waals surface area contributed by atoms with Crippen LogP contribution in [0.5, 0.6) is 0 Å². The van der Waals surface area contributed by atoms with Crippen molar-refractivity contribution in [3.8, 4) is 0 Å². The Morgan fingerprint density at radius 1 is 1.47 bits per heavy atom. The summed E-state index contributed by atoms with van der Waals surface area (Å²) in [5, 5.41) is 0. The number of aromatic nitrogens is 1. The number of pyridine rings is 1. The van der Waals surface area contributed by atoms with Crippen molar-refractivity contribution in [2.75, 3.05) is 6.61 Å². The second kappa shape index (κ2) is 6.18. The van der Waals surface area contributed by atoms with Crippen LogP contribution in [0.25, 0.3) is 0 Å². The predicted octanol–water partition coefficient (Wildman–Crippen LogP) is 3.65. The number of hydrogen-bond donors (Lipinski definition) is 0. The number of aryl methyl sites for hydroxylation is 2. The molecular weight excluding hydrogens is 238 g/mol. The van der Waals surface area contributed by atoms with Gasteiger partial charge in [-0.1, -0.05) is 20.3 Å². The highest BCUT2D eigenvalue weighted by Crippen LogP contribution is 2.31. The fraction of sp³-hybridized carbons (Fsp3) is 0.625. The highest BCUT2D eigenvalue weighted by molar-refractivity contribution is 5.91. The van der Waals surface area contributed by atoms with Gasteiger partial charge in [-0.25, -0.2) is 4.79 Å². The summed E-state index contributed by atoms with van der Waals surface area (Å²) in [6.45, 7) is 6.59. The zero-order valence-electron chi connectivity index (χ0n) is 12.2. The Bertz CT molecular complexity index is 468. The SMILES string of the molecule is CCCc1nc2c(cc1C(=O)OCC)CCCC2C. The van der Waals surface area contributed by atoms with E-state index in [1.165, 1.54) is 24.1 Å². The van der Waals surface area contributed by atoms with E-state index in [1.54, 1.807) is 0 Å². The van der Waals surface area contributed by atoms with Crippen molar-refractivity contribution in [1.29, 1.82) is 0 Å². The van der Waals surface area contributed by atoms with Gasteiger partial charge in [0.05, 0.1) is 17.9 Å². The molecule has 1 atom stereocenters. The van der Waals surface area contributed by atoms with E-state index in [4.69, 9.17) is 9.72 Å². The van der Waals surface area contributed by atoms with E-state index < -0.39 is 0 Å². The summed E-state index contributed by atoms with van der Waals surface area (Å²) in [6, 6.07) is 2.03. The van der Waals surface area contributed by atoms with Crippen LogP contribution in [0.2, 0.25) is 0 Å². The molecule has 3 nitrogen and oxygen atoms in total. The second-order valence-corrected chi connectivity index (χ2v) is 5.29. The van der Waals surface area contributed by atoms with Crippen LogP contribution < -0.4 is 0 Å². The first kappa shape index (κ1) is 14.0. The first-order chi connectivity index (χ1) is 9.17. The summed E-state index contributed by atoms with van der Waals surface area (Å²) < 4.78 is 5.15. The van der Waals surface area contributed by atoms with Crippen LogP contribution in [-0.2, 0) is 17.6 Å². The molecule has 2 rings (SSSR count). The quantitative estimate of drug-likeness (QED) is 0.777. The Kier molecular flexibility index (Phi) is 4.56. The molecule has 1 unspecified atom stereocenters. The summed E-state index contributed by atoms with van der Waals surface area (Å²) >= 11 is 0. The Labute approximate surface area is 115 Å². The molecular formula is C16H23NO2. The van der Waals surface area contributed by atoms with Gasteiger partial charge >= 0.3 is 5.97 Å². The highest BCUT2D eigenvalue weighted by atomic mass is 16.5. The van der Waals surface area contributed by atoms with Gasteiger partial charge in [0.1, 0.15) is 0 Å². The maximum Gasteiger partial charge on any atom is 0.339 e. The normalized spacial score (nSPS) is 17.9. The van der Waals surface area contributed by atoms with E-state index in [9.17, 15) is 4.79 Å². The molecule has 1 aromatic heterocycles. The Hall–Kier alpha value is -1.38. The molecule has 0 bridgehead atoms. The number of rotatable bonds is 4. The highest BCUT2D eigenvalue weighted by Gasteiger charge is 2.23. The number of esters is 1. The zero-order valence-corrected chi connectivity index (χ0v) is 12.2. The molecule has 0 amide bonds. The Balaban J connectivity index is 2.43. The molecule has 0 N–H and O–H groups in total. The lowest BCUT2D eigenvalue weighted by atomic mass is 9.86. The first-order valence-corrected chi connectivity index (χ1v) is 7.37. The summed E-state index contributed by atoms with van der Waals surface area (Å²) in [7, 11) is 0. The van der Waals surface area contributed by atoms with Gasteiger partial charge in [0.25, 0.3) is 0 Å². The van der Waals surface area contributed by atoms with E-state index in [-0.39, 0.29) is 5.97 Å². The van der Waals surface area contributed by atoms with Gasteiger partial charge in [-0.3, -0.25) is 4.98 Å². The molecule has 104 valence electrons. The maximum atomic E-state index is 12.0. The first-order valence-electron chi connectivity index (χ1n) is 7.37. The van der Waals surface area contributed by atoms with Crippen LogP contribution >= 0.6 is 0 Å². The lowest BCUT2D eigenvalue weighted by molar-refractivity contribution is 0.0524. The minimum Gasteiger partial charge on any atom is -0.462 e. The molecule has 3 heteroatoms. The van der Waals surface area contributed by atoms with Gasteiger partial charge in [0.15, 0.2) is 0 Å². The van der Waals surface area contributed by atoms with E-state index in [1.807, 2.05) is 13.0 Å². The lowest BCUT2D eigenvalue weighted by Crippen LogP contribution is -2.16. The third-order valence-electron chi connectivity index (χ3n) is 3.75. The number of carbonyl (C=O) groups is 1. The van der Waals surface area contributed by atoms with Gasteiger partial charge in [-0.15, -0.1) is 0 Å². The van der Waals surface area contributed by atoms with Gasteiger partial charge < -0.3 is 4.74 Å². The smallest absolute Gasteiger partial charge is 0.339 e. The van der Waals surface area contributed by atoms with E-state index in [0.717, 1.165) is 25.0 Å².